The van der Waals surface area contributed by atoms with Gasteiger partial charge in [-0.2, -0.15) is 0 Å². The van der Waals surface area contributed by atoms with Crippen LogP contribution in [-0.2, 0) is 15.7 Å². The van der Waals surface area contributed by atoms with Gasteiger partial charge in [-0.1, -0.05) is 62.6 Å². The molecule has 0 aliphatic carbocycles. The first-order chi connectivity index (χ1) is 12.8. The zero-order valence-corrected chi connectivity index (χ0v) is 15.9. The average Bonchev–Trinajstić information content (AvgIpc) is 2.72. The first kappa shape index (κ1) is 19.0. The number of ether oxygens (including phenoxy) is 1. The summed E-state index contributed by atoms with van der Waals surface area (Å²) in [6.45, 7) is 3.63. The molecule has 2 aromatic carbocycles. The summed E-state index contributed by atoms with van der Waals surface area (Å²) in [5.41, 5.74) is 3.76. The third-order valence-corrected chi connectivity index (χ3v) is 5.06. The molecule has 0 unspecified atom stereocenters. The van der Waals surface area contributed by atoms with Crippen molar-refractivity contribution in [3.63, 3.8) is 0 Å². The molecule has 0 N–H and O–H groups in total. The molecular formula is C22H29BO3. The van der Waals surface area contributed by atoms with Gasteiger partial charge >= 0.3 is 7.12 Å². The molecule has 0 atom stereocenters. The maximum Gasteiger partial charge on any atom is 0.493 e. The second kappa shape index (κ2) is 9.79. The van der Waals surface area contributed by atoms with Gasteiger partial charge < -0.3 is 14.0 Å². The Morgan fingerprint density at radius 1 is 0.923 bits per heavy atom. The third kappa shape index (κ3) is 5.12. The zero-order chi connectivity index (χ0) is 18.2. The molecule has 1 saturated heterocycles. The number of aryl methyl sites for hydroxylation is 1. The zero-order valence-electron chi connectivity index (χ0n) is 15.9. The van der Waals surface area contributed by atoms with Gasteiger partial charge in [0, 0.05) is 19.1 Å². The van der Waals surface area contributed by atoms with E-state index in [4.69, 9.17) is 14.0 Å². The van der Waals surface area contributed by atoms with Crippen molar-refractivity contribution < 1.29 is 14.0 Å². The van der Waals surface area contributed by atoms with Gasteiger partial charge in [0.25, 0.3) is 0 Å². The summed E-state index contributed by atoms with van der Waals surface area (Å²) in [7, 11) is 1.39. The molecule has 0 aromatic heterocycles. The lowest BCUT2D eigenvalue weighted by molar-refractivity contribution is 0.121. The second-order valence-corrected chi connectivity index (χ2v) is 7.02. The lowest BCUT2D eigenvalue weighted by atomic mass is 9.77. The molecule has 0 radical (unpaired) electrons. The molecule has 26 heavy (non-hydrogen) atoms. The minimum absolute atomic E-state index is 0.282. The van der Waals surface area contributed by atoms with Crippen molar-refractivity contribution in [2.75, 3.05) is 20.3 Å². The molecule has 3 rings (SSSR count). The summed E-state index contributed by atoms with van der Waals surface area (Å²) < 4.78 is 17.1. The highest BCUT2D eigenvalue weighted by Gasteiger charge is 2.29. The maximum atomic E-state index is 5.96. The number of benzene rings is 2. The smallest absolute Gasteiger partial charge is 0.493 e. The van der Waals surface area contributed by atoms with Crippen LogP contribution in [0.5, 0.6) is 5.75 Å². The first-order valence-corrected chi connectivity index (χ1v) is 9.76. The average molecular weight is 352 g/mol. The van der Waals surface area contributed by atoms with Crippen molar-refractivity contribution in [2.24, 2.45) is 0 Å². The van der Waals surface area contributed by atoms with E-state index in [1.807, 2.05) is 24.3 Å². The molecule has 0 saturated carbocycles. The highest BCUT2D eigenvalue weighted by atomic mass is 16.6. The van der Waals surface area contributed by atoms with Crippen molar-refractivity contribution in [1.29, 1.82) is 0 Å². The van der Waals surface area contributed by atoms with Crippen molar-refractivity contribution in [1.82, 2.24) is 0 Å². The number of hydrogen-bond donors (Lipinski definition) is 0. The van der Waals surface area contributed by atoms with E-state index < -0.39 is 0 Å². The monoisotopic (exact) mass is 352 g/mol. The van der Waals surface area contributed by atoms with Gasteiger partial charge in [-0.3, -0.25) is 0 Å². The van der Waals surface area contributed by atoms with Gasteiger partial charge in [0.15, 0.2) is 0 Å². The van der Waals surface area contributed by atoms with E-state index in [9.17, 15) is 0 Å². The van der Waals surface area contributed by atoms with Crippen molar-refractivity contribution in [2.45, 2.75) is 44.9 Å². The Hall–Kier alpha value is -1.78. The number of methoxy groups -OCH3 is 1. The maximum absolute atomic E-state index is 5.96. The van der Waals surface area contributed by atoms with Gasteiger partial charge in [0.05, 0.1) is 7.11 Å². The Labute approximate surface area is 157 Å². The molecule has 0 spiro atoms. The number of hydrogen-bond acceptors (Lipinski definition) is 3. The SMILES string of the molecule is CCCCCCc1ccc(C2COB(c3ccc(OC)cc3)OC2)cc1. The van der Waals surface area contributed by atoms with Crippen LogP contribution in [0.25, 0.3) is 0 Å². The van der Waals surface area contributed by atoms with Crippen LogP contribution in [0.3, 0.4) is 0 Å². The molecule has 1 heterocycles. The van der Waals surface area contributed by atoms with Gasteiger partial charge in [-0.25, -0.2) is 0 Å². The summed E-state index contributed by atoms with van der Waals surface area (Å²) in [4.78, 5) is 0. The summed E-state index contributed by atoms with van der Waals surface area (Å²) in [5, 5.41) is 0. The minimum Gasteiger partial charge on any atom is -0.497 e. The van der Waals surface area contributed by atoms with Gasteiger partial charge in [0.1, 0.15) is 5.75 Å². The summed E-state index contributed by atoms with van der Waals surface area (Å²) in [6, 6.07) is 16.9. The quantitative estimate of drug-likeness (QED) is 0.522. The van der Waals surface area contributed by atoms with Crippen LogP contribution in [0, 0.1) is 0 Å². The van der Waals surface area contributed by atoms with Crippen LogP contribution in [0.4, 0.5) is 0 Å². The van der Waals surface area contributed by atoms with Crippen molar-refractivity contribution in [3.8, 4) is 5.75 Å². The fourth-order valence-electron chi connectivity index (χ4n) is 3.36. The molecular weight excluding hydrogens is 323 g/mol. The molecule has 138 valence electrons. The fraction of sp³-hybridized carbons (Fsp3) is 0.455. The lowest BCUT2D eigenvalue weighted by Crippen LogP contribution is -2.43. The predicted octanol–water partition coefficient (Wildman–Crippen LogP) is 4.34. The highest BCUT2D eigenvalue weighted by molar-refractivity contribution is 6.61. The van der Waals surface area contributed by atoms with Crippen LogP contribution in [0.15, 0.2) is 48.5 Å². The Morgan fingerprint density at radius 2 is 1.62 bits per heavy atom. The fourth-order valence-corrected chi connectivity index (χ4v) is 3.36. The molecule has 0 bridgehead atoms. The van der Waals surface area contributed by atoms with Crippen molar-refractivity contribution >= 4 is 12.6 Å². The molecule has 3 nitrogen and oxygen atoms in total. The Balaban J connectivity index is 1.49. The van der Waals surface area contributed by atoms with Crippen LogP contribution in [-0.4, -0.2) is 27.4 Å². The summed E-state index contributed by atoms with van der Waals surface area (Å²) >= 11 is 0. The van der Waals surface area contributed by atoms with Crippen LogP contribution in [0.1, 0.15) is 49.7 Å². The molecule has 2 aromatic rings. The van der Waals surface area contributed by atoms with Gasteiger partial charge in [0.2, 0.25) is 0 Å². The Bertz CT molecular complexity index is 646. The van der Waals surface area contributed by atoms with E-state index in [1.165, 1.54) is 43.2 Å². The van der Waals surface area contributed by atoms with Gasteiger partial charge in [-0.05, 0) is 41.6 Å². The van der Waals surface area contributed by atoms with Crippen LogP contribution < -0.4 is 10.2 Å². The van der Waals surface area contributed by atoms with Crippen molar-refractivity contribution in [3.05, 3.63) is 59.7 Å². The predicted molar refractivity (Wildman–Crippen MR) is 107 cm³/mol. The normalized spacial score (nSPS) is 15.2. The summed E-state index contributed by atoms with van der Waals surface area (Å²) in [6.07, 6.45) is 6.42. The van der Waals surface area contributed by atoms with E-state index in [-0.39, 0.29) is 7.12 Å². The molecule has 0 amide bonds. The molecule has 1 fully saturated rings. The molecule has 4 heteroatoms. The number of rotatable bonds is 8. The van der Waals surface area contributed by atoms with Crippen LogP contribution in [0.2, 0.25) is 0 Å². The first-order valence-electron chi connectivity index (χ1n) is 9.76. The topological polar surface area (TPSA) is 27.7 Å². The van der Waals surface area contributed by atoms with Gasteiger partial charge in [-0.15, -0.1) is 0 Å². The van der Waals surface area contributed by atoms with E-state index >= 15 is 0 Å². The lowest BCUT2D eigenvalue weighted by Gasteiger charge is -2.28. The third-order valence-electron chi connectivity index (χ3n) is 5.06. The van der Waals surface area contributed by atoms with Crippen LogP contribution >= 0.6 is 0 Å². The molecule has 1 aliphatic heterocycles. The minimum atomic E-state index is -0.282. The van der Waals surface area contributed by atoms with E-state index in [2.05, 4.69) is 31.2 Å². The van der Waals surface area contributed by atoms with E-state index in [1.54, 1.807) is 7.11 Å². The Kier molecular flexibility index (Phi) is 7.16. The standard InChI is InChI=1S/C22H29BO3/c1-3-4-5-6-7-18-8-10-19(11-9-18)20-16-25-23(26-17-20)21-12-14-22(24-2)15-13-21/h8-15,20H,3-7,16-17H2,1-2H3. The molecule has 1 aliphatic rings. The largest absolute Gasteiger partial charge is 0.497 e. The van der Waals surface area contributed by atoms with E-state index in [0.29, 0.717) is 19.1 Å². The number of unbranched alkanes of at least 4 members (excludes halogenated alkanes) is 3. The van der Waals surface area contributed by atoms with E-state index in [0.717, 1.165) is 11.2 Å². The Morgan fingerprint density at radius 3 is 2.23 bits per heavy atom. The highest BCUT2D eigenvalue weighted by Crippen LogP contribution is 2.22. The second-order valence-electron chi connectivity index (χ2n) is 7.02. The summed E-state index contributed by atoms with van der Waals surface area (Å²) in [5.74, 6) is 1.15.